The predicted octanol–water partition coefficient (Wildman–Crippen LogP) is 5.64. The van der Waals surface area contributed by atoms with Gasteiger partial charge in [-0.15, -0.1) is 0 Å². The first kappa shape index (κ1) is 22.2. The minimum absolute atomic E-state index is 0.183. The Kier molecular flexibility index (Phi) is 5.94. The fraction of sp³-hybridized carbons (Fsp3) is 0.103. The van der Waals surface area contributed by atoms with Gasteiger partial charge in [0.25, 0.3) is 11.8 Å². The number of imide groups is 1. The molecular weight excluding hydrogens is 440 g/mol. The van der Waals surface area contributed by atoms with Crippen molar-refractivity contribution in [1.29, 1.82) is 0 Å². The number of hydrogen-bond acceptors (Lipinski definition) is 5. The Balaban J connectivity index is 1.69. The van der Waals surface area contributed by atoms with Gasteiger partial charge in [-0.25, -0.2) is 4.90 Å². The van der Waals surface area contributed by atoms with Crippen LogP contribution >= 0.6 is 0 Å². The monoisotopic (exact) mass is 464 g/mol. The van der Waals surface area contributed by atoms with E-state index in [0.717, 1.165) is 16.5 Å². The third-order valence-electron chi connectivity index (χ3n) is 5.92. The highest BCUT2D eigenvalue weighted by atomic mass is 16.5. The number of nitrogens with one attached hydrogen (secondary N) is 1. The van der Waals surface area contributed by atoms with Crippen molar-refractivity contribution < 1.29 is 19.1 Å². The molecule has 0 fully saturated rings. The molecule has 0 atom stereocenters. The van der Waals surface area contributed by atoms with Crippen LogP contribution in [0.15, 0.2) is 96.7 Å². The van der Waals surface area contributed by atoms with Gasteiger partial charge in [0.1, 0.15) is 17.2 Å². The van der Waals surface area contributed by atoms with Gasteiger partial charge >= 0.3 is 0 Å². The van der Waals surface area contributed by atoms with Crippen molar-refractivity contribution in [3.8, 4) is 11.5 Å². The number of methoxy groups -OCH3 is 1. The van der Waals surface area contributed by atoms with E-state index in [1.54, 1.807) is 37.4 Å². The van der Waals surface area contributed by atoms with Crippen LogP contribution in [0, 0.1) is 0 Å². The molecule has 0 radical (unpaired) electrons. The van der Waals surface area contributed by atoms with E-state index >= 15 is 0 Å². The molecule has 1 aliphatic heterocycles. The quantitative estimate of drug-likeness (QED) is 0.358. The maximum absolute atomic E-state index is 13.9. The molecule has 2 amide bonds. The van der Waals surface area contributed by atoms with Crippen LogP contribution in [0.25, 0.3) is 16.3 Å². The summed E-state index contributed by atoms with van der Waals surface area (Å²) in [5.74, 6) is 0.0497. The van der Waals surface area contributed by atoms with Crippen LogP contribution in [-0.4, -0.2) is 25.5 Å². The topological polar surface area (TPSA) is 67.9 Å². The molecule has 0 spiro atoms. The van der Waals surface area contributed by atoms with Crippen LogP contribution in [-0.2, 0) is 9.59 Å². The number of ether oxygens (including phenoxy) is 2. The van der Waals surface area contributed by atoms with E-state index in [-0.39, 0.29) is 11.3 Å². The van der Waals surface area contributed by atoms with Gasteiger partial charge in [-0.05, 0) is 36.6 Å². The second-order valence-corrected chi connectivity index (χ2v) is 7.95. The molecule has 0 unspecified atom stereocenters. The normalized spacial score (nSPS) is 13.5. The lowest BCUT2D eigenvalue weighted by molar-refractivity contribution is -0.120. The van der Waals surface area contributed by atoms with Gasteiger partial charge in [0, 0.05) is 16.6 Å². The fourth-order valence-corrected chi connectivity index (χ4v) is 4.35. The molecule has 6 nitrogen and oxygen atoms in total. The van der Waals surface area contributed by atoms with Gasteiger partial charge < -0.3 is 14.8 Å². The van der Waals surface area contributed by atoms with Gasteiger partial charge in [0.2, 0.25) is 0 Å². The Labute approximate surface area is 203 Å². The van der Waals surface area contributed by atoms with E-state index in [2.05, 4.69) is 5.32 Å². The van der Waals surface area contributed by atoms with E-state index in [9.17, 15) is 9.59 Å². The minimum atomic E-state index is -0.462. The molecule has 6 heteroatoms. The predicted molar refractivity (Wildman–Crippen MR) is 138 cm³/mol. The highest BCUT2D eigenvalue weighted by Crippen LogP contribution is 2.40. The van der Waals surface area contributed by atoms with Crippen molar-refractivity contribution in [2.45, 2.75) is 6.92 Å². The largest absolute Gasteiger partial charge is 0.496 e. The Morgan fingerprint density at radius 1 is 0.771 bits per heavy atom. The average molecular weight is 465 g/mol. The third kappa shape index (κ3) is 3.89. The first-order valence-corrected chi connectivity index (χ1v) is 11.4. The van der Waals surface area contributed by atoms with Crippen molar-refractivity contribution >= 4 is 39.5 Å². The Morgan fingerprint density at radius 2 is 1.46 bits per heavy atom. The van der Waals surface area contributed by atoms with Crippen molar-refractivity contribution in [3.63, 3.8) is 0 Å². The molecule has 0 saturated heterocycles. The lowest BCUT2D eigenvalue weighted by Crippen LogP contribution is -2.32. The van der Waals surface area contributed by atoms with E-state index in [4.69, 9.17) is 9.47 Å². The first-order chi connectivity index (χ1) is 17.1. The Bertz CT molecular complexity index is 1470. The van der Waals surface area contributed by atoms with E-state index < -0.39 is 11.8 Å². The number of hydrogen-bond donors (Lipinski definition) is 1. The molecule has 0 aliphatic carbocycles. The van der Waals surface area contributed by atoms with Crippen LogP contribution < -0.4 is 19.7 Å². The fourth-order valence-electron chi connectivity index (χ4n) is 4.35. The van der Waals surface area contributed by atoms with E-state index in [1.807, 2.05) is 67.6 Å². The molecule has 0 aromatic heterocycles. The van der Waals surface area contributed by atoms with E-state index in [1.165, 1.54) is 4.90 Å². The van der Waals surface area contributed by atoms with Crippen molar-refractivity contribution in [1.82, 2.24) is 0 Å². The average Bonchev–Trinajstić information content (AvgIpc) is 3.13. The molecule has 0 saturated carbocycles. The number of benzene rings is 4. The third-order valence-corrected chi connectivity index (χ3v) is 5.92. The van der Waals surface area contributed by atoms with Crippen LogP contribution in [0.4, 0.5) is 11.4 Å². The highest BCUT2D eigenvalue weighted by Gasteiger charge is 2.42. The lowest BCUT2D eigenvalue weighted by Gasteiger charge is -2.19. The summed E-state index contributed by atoms with van der Waals surface area (Å²) in [4.78, 5) is 29.0. The number of fused-ring (bicyclic) bond motifs is 1. The number of anilines is 2. The summed E-state index contributed by atoms with van der Waals surface area (Å²) in [6, 6.07) is 27.9. The van der Waals surface area contributed by atoms with Crippen molar-refractivity contribution in [2.75, 3.05) is 23.9 Å². The smallest absolute Gasteiger partial charge is 0.282 e. The minimum Gasteiger partial charge on any atom is -0.496 e. The Morgan fingerprint density at radius 3 is 2.26 bits per heavy atom. The lowest BCUT2D eigenvalue weighted by atomic mass is 10.0. The van der Waals surface area contributed by atoms with Crippen LogP contribution in [0.2, 0.25) is 0 Å². The SMILES string of the molecule is CCOc1ccccc1N1C(=O)C(Nc2cccc3ccccc23)=C(c2ccccc2OC)C1=O. The van der Waals surface area contributed by atoms with Crippen LogP contribution in [0.5, 0.6) is 11.5 Å². The summed E-state index contributed by atoms with van der Waals surface area (Å²) in [6.45, 7) is 2.26. The van der Waals surface area contributed by atoms with Crippen molar-refractivity contribution in [2.24, 2.45) is 0 Å². The maximum atomic E-state index is 13.9. The van der Waals surface area contributed by atoms with Gasteiger partial charge in [0.15, 0.2) is 0 Å². The maximum Gasteiger partial charge on any atom is 0.282 e. The molecular formula is C29H24N2O4. The number of carbonyl (C=O) groups excluding carboxylic acids is 2. The molecule has 4 aromatic carbocycles. The number of rotatable bonds is 7. The van der Waals surface area contributed by atoms with Gasteiger partial charge in [-0.1, -0.05) is 66.7 Å². The molecule has 1 aliphatic rings. The summed E-state index contributed by atoms with van der Waals surface area (Å²) in [5, 5.41) is 5.25. The van der Waals surface area contributed by atoms with Crippen LogP contribution in [0.1, 0.15) is 12.5 Å². The van der Waals surface area contributed by atoms with E-state index in [0.29, 0.717) is 29.4 Å². The Hall–Kier alpha value is -4.58. The summed E-state index contributed by atoms with van der Waals surface area (Å²) in [6.07, 6.45) is 0. The molecule has 1 N–H and O–H groups in total. The summed E-state index contributed by atoms with van der Waals surface area (Å²) in [7, 11) is 1.54. The van der Waals surface area contributed by atoms with Gasteiger partial charge in [0.05, 0.1) is 25.0 Å². The number of nitrogens with zero attached hydrogens (tertiary/aromatic N) is 1. The molecule has 0 bridgehead atoms. The molecule has 1 heterocycles. The number of para-hydroxylation sites is 3. The zero-order chi connectivity index (χ0) is 24.4. The zero-order valence-electron chi connectivity index (χ0n) is 19.4. The van der Waals surface area contributed by atoms with Gasteiger partial charge in [-0.2, -0.15) is 0 Å². The highest BCUT2D eigenvalue weighted by molar-refractivity contribution is 6.46. The summed E-state index contributed by atoms with van der Waals surface area (Å²) >= 11 is 0. The second kappa shape index (κ2) is 9.35. The molecule has 5 rings (SSSR count). The zero-order valence-corrected chi connectivity index (χ0v) is 19.4. The molecule has 4 aromatic rings. The summed E-state index contributed by atoms with van der Waals surface area (Å²) < 4.78 is 11.3. The number of amides is 2. The number of carbonyl (C=O) groups is 2. The first-order valence-electron chi connectivity index (χ1n) is 11.4. The molecule has 35 heavy (non-hydrogen) atoms. The van der Waals surface area contributed by atoms with Gasteiger partial charge in [-0.3, -0.25) is 9.59 Å². The van der Waals surface area contributed by atoms with Crippen LogP contribution in [0.3, 0.4) is 0 Å². The standard InChI is InChI=1S/C29H24N2O4/c1-3-35-25-18-9-7-16-23(25)31-28(32)26(21-14-6-8-17-24(21)34-2)27(29(31)33)30-22-15-10-12-19-11-4-5-13-20(19)22/h4-18,30H,3H2,1-2H3. The molecule has 174 valence electrons. The summed E-state index contributed by atoms with van der Waals surface area (Å²) in [5.41, 5.74) is 2.08. The van der Waals surface area contributed by atoms with Crippen molar-refractivity contribution in [3.05, 3.63) is 102 Å². The second-order valence-electron chi connectivity index (χ2n) is 7.95.